The minimum Gasteiger partial charge on any atom is -0.497 e. The number of benzene rings is 3. The molecule has 114 valence electrons. The van der Waals surface area contributed by atoms with Gasteiger partial charge in [0.25, 0.3) is 0 Å². The smallest absolute Gasteiger partial charge is 0.149 e. The molecule has 0 aliphatic carbocycles. The molecule has 4 rings (SSSR count). The average molecular weight is 302 g/mol. The van der Waals surface area contributed by atoms with Crippen molar-refractivity contribution in [2.45, 2.75) is 13.0 Å². The van der Waals surface area contributed by atoms with Gasteiger partial charge in [-0.1, -0.05) is 54.1 Å². The molecule has 0 aromatic heterocycles. The minimum atomic E-state index is -0.0913. The van der Waals surface area contributed by atoms with Crippen molar-refractivity contribution in [1.82, 2.24) is 0 Å². The number of rotatable bonds is 2. The maximum absolute atomic E-state index is 6.32. The lowest BCUT2D eigenvalue weighted by molar-refractivity contribution is 0.243. The molecule has 2 nitrogen and oxygen atoms in total. The predicted molar refractivity (Wildman–Crippen MR) is 92.1 cm³/mol. The lowest BCUT2D eigenvalue weighted by Crippen LogP contribution is -2.15. The number of ether oxygens (including phenoxy) is 2. The molecule has 0 radical (unpaired) electrons. The van der Waals surface area contributed by atoms with E-state index in [0.717, 1.165) is 22.6 Å². The zero-order valence-electron chi connectivity index (χ0n) is 13.2. The number of fused-ring (bicyclic) bond motifs is 3. The summed E-state index contributed by atoms with van der Waals surface area (Å²) in [7, 11) is 1.68. The van der Waals surface area contributed by atoms with Gasteiger partial charge in [0.05, 0.1) is 7.11 Å². The van der Waals surface area contributed by atoms with Crippen molar-refractivity contribution >= 4 is 0 Å². The van der Waals surface area contributed by atoms with Gasteiger partial charge >= 0.3 is 0 Å². The minimum absolute atomic E-state index is 0.0913. The van der Waals surface area contributed by atoms with Gasteiger partial charge in [-0.05, 0) is 36.2 Å². The first kappa shape index (κ1) is 13.9. The summed E-state index contributed by atoms with van der Waals surface area (Å²) in [5.41, 5.74) is 6.02. The molecular weight excluding hydrogens is 284 g/mol. The fraction of sp³-hybridized carbons (Fsp3) is 0.143. The molecule has 0 fully saturated rings. The van der Waals surface area contributed by atoms with E-state index in [1.54, 1.807) is 7.11 Å². The van der Waals surface area contributed by atoms with Crippen molar-refractivity contribution < 1.29 is 9.47 Å². The first-order valence-electron chi connectivity index (χ1n) is 7.77. The van der Waals surface area contributed by atoms with E-state index in [2.05, 4.69) is 49.4 Å². The van der Waals surface area contributed by atoms with Gasteiger partial charge in [-0.3, -0.25) is 0 Å². The normalized spacial score (nSPS) is 15.3. The van der Waals surface area contributed by atoms with Crippen LogP contribution in [0.4, 0.5) is 0 Å². The molecule has 0 N–H and O–H groups in total. The summed E-state index contributed by atoms with van der Waals surface area (Å²) in [5.74, 6) is 1.79. The molecule has 2 heteroatoms. The van der Waals surface area contributed by atoms with Gasteiger partial charge in [-0.15, -0.1) is 0 Å². The molecule has 0 saturated carbocycles. The molecule has 3 aromatic carbocycles. The maximum Gasteiger partial charge on any atom is 0.149 e. The number of methoxy groups -OCH3 is 1. The highest BCUT2D eigenvalue weighted by molar-refractivity contribution is 5.77. The van der Waals surface area contributed by atoms with E-state index < -0.39 is 0 Å². The maximum atomic E-state index is 6.32. The highest BCUT2D eigenvalue weighted by Crippen LogP contribution is 2.44. The van der Waals surface area contributed by atoms with Crippen LogP contribution in [0.25, 0.3) is 11.1 Å². The number of aryl methyl sites for hydroxylation is 1. The van der Waals surface area contributed by atoms with Crippen LogP contribution in [-0.4, -0.2) is 7.11 Å². The Kier molecular flexibility index (Phi) is 3.30. The number of hydrogen-bond donors (Lipinski definition) is 0. The highest BCUT2D eigenvalue weighted by atomic mass is 16.5. The summed E-state index contributed by atoms with van der Waals surface area (Å²) in [6.45, 7) is 2.13. The van der Waals surface area contributed by atoms with Gasteiger partial charge in [0.15, 0.2) is 0 Å². The molecule has 1 unspecified atom stereocenters. The van der Waals surface area contributed by atoms with E-state index in [-0.39, 0.29) is 6.10 Å². The van der Waals surface area contributed by atoms with Crippen LogP contribution in [0.5, 0.6) is 11.5 Å². The van der Waals surface area contributed by atoms with E-state index in [1.807, 2.05) is 24.3 Å². The van der Waals surface area contributed by atoms with Crippen LogP contribution in [-0.2, 0) is 0 Å². The second kappa shape index (κ2) is 5.47. The summed E-state index contributed by atoms with van der Waals surface area (Å²) >= 11 is 0. The van der Waals surface area contributed by atoms with E-state index in [1.165, 1.54) is 16.7 Å². The Morgan fingerprint density at radius 1 is 0.870 bits per heavy atom. The van der Waals surface area contributed by atoms with Crippen LogP contribution in [0, 0.1) is 6.92 Å². The topological polar surface area (TPSA) is 18.5 Å². The summed E-state index contributed by atoms with van der Waals surface area (Å²) in [6.07, 6.45) is -0.0913. The second-order valence-corrected chi connectivity index (χ2v) is 5.86. The van der Waals surface area contributed by atoms with Crippen LogP contribution in [0.3, 0.4) is 0 Å². The Balaban J connectivity index is 1.87. The third-order valence-electron chi connectivity index (χ3n) is 4.33. The van der Waals surface area contributed by atoms with Crippen molar-refractivity contribution in [3.63, 3.8) is 0 Å². The molecule has 1 aliphatic heterocycles. The molecule has 23 heavy (non-hydrogen) atoms. The average Bonchev–Trinajstić information content (AvgIpc) is 2.61. The first-order valence-corrected chi connectivity index (χ1v) is 7.77. The Morgan fingerprint density at radius 2 is 1.65 bits per heavy atom. The highest BCUT2D eigenvalue weighted by Gasteiger charge is 2.27. The molecule has 3 aromatic rings. The van der Waals surface area contributed by atoms with Crippen molar-refractivity contribution in [2.75, 3.05) is 7.11 Å². The lowest BCUT2D eigenvalue weighted by Gasteiger charge is -2.29. The van der Waals surface area contributed by atoms with Gasteiger partial charge in [0.2, 0.25) is 0 Å². The van der Waals surface area contributed by atoms with Crippen LogP contribution in [0.2, 0.25) is 0 Å². The van der Waals surface area contributed by atoms with Crippen molar-refractivity contribution in [3.05, 3.63) is 83.4 Å². The Hall–Kier alpha value is -2.74. The van der Waals surface area contributed by atoms with Gasteiger partial charge in [-0.2, -0.15) is 0 Å². The number of para-hydroxylation sites is 1. The molecule has 1 aliphatic rings. The van der Waals surface area contributed by atoms with Gasteiger partial charge in [0.1, 0.15) is 17.6 Å². The van der Waals surface area contributed by atoms with Crippen LogP contribution < -0.4 is 9.47 Å². The second-order valence-electron chi connectivity index (χ2n) is 5.86. The van der Waals surface area contributed by atoms with Crippen LogP contribution >= 0.6 is 0 Å². The standard InChI is InChI=1S/C21H18O2/c1-14-7-12-18-19(13-14)17-5-3-4-6-20(17)23-21(18)15-8-10-16(22-2)11-9-15/h3-13,21H,1-2H3. The third kappa shape index (κ3) is 2.36. The van der Waals surface area contributed by atoms with E-state index in [9.17, 15) is 0 Å². The summed E-state index contributed by atoms with van der Waals surface area (Å²) in [5, 5.41) is 0. The van der Waals surface area contributed by atoms with Gasteiger partial charge in [-0.25, -0.2) is 0 Å². The van der Waals surface area contributed by atoms with E-state index >= 15 is 0 Å². The molecule has 1 heterocycles. The van der Waals surface area contributed by atoms with Gasteiger partial charge < -0.3 is 9.47 Å². The molecule has 1 atom stereocenters. The van der Waals surface area contributed by atoms with Crippen molar-refractivity contribution in [3.8, 4) is 22.6 Å². The third-order valence-corrected chi connectivity index (χ3v) is 4.33. The SMILES string of the molecule is COc1ccc(C2Oc3ccccc3-c3cc(C)ccc32)cc1. The Bertz CT molecular complexity index is 850. The lowest BCUT2D eigenvalue weighted by atomic mass is 9.88. The zero-order chi connectivity index (χ0) is 15.8. The monoisotopic (exact) mass is 302 g/mol. The number of hydrogen-bond acceptors (Lipinski definition) is 2. The van der Waals surface area contributed by atoms with Crippen LogP contribution in [0.15, 0.2) is 66.7 Å². The summed E-state index contributed by atoms with van der Waals surface area (Å²) in [4.78, 5) is 0. The molecule has 0 saturated heterocycles. The quantitative estimate of drug-likeness (QED) is 0.651. The summed E-state index contributed by atoms with van der Waals surface area (Å²) < 4.78 is 11.6. The molecule has 0 bridgehead atoms. The predicted octanol–water partition coefficient (Wildman–Crippen LogP) is 5.15. The van der Waals surface area contributed by atoms with Crippen molar-refractivity contribution in [2.24, 2.45) is 0 Å². The molecule has 0 spiro atoms. The molecular formula is C21H18O2. The Morgan fingerprint density at radius 3 is 2.43 bits per heavy atom. The zero-order valence-corrected chi connectivity index (χ0v) is 13.2. The van der Waals surface area contributed by atoms with Gasteiger partial charge in [0, 0.05) is 11.1 Å². The molecule has 0 amide bonds. The first-order chi connectivity index (χ1) is 11.3. The fourth-order valence-electron chi connectivity index (χ4n) is 3.14. The Labute approximate surface area is 136 Å². The fourth-order valence-corrected chi connectivity index (χ4v) is 3.14. The van der Waals surface area contributed by atoms with E-state index in [0.29, 0.717) is 0 Å². The van der Waals surface area contributed by atoms with E-state index in [4.69, 9.17) is 9.47 Å². The van der Waals surface area contributed by atoms with Crippen molar-refractivity contribution in [1.29, 1.82) is 0 Å². The largest absolute Gasteiger partial charge is 0.497 e. The van der Waals surface area contributed by atoms with Crippen LogP contribution in [0.1, 0.15) is 22.8 Å². The summed E-state index contributed by atoms with van der Waals surface area (Å²) in [6, 6.07) is 22.9.